The number of nitrogens with zero attached hydrogens (tertiary/aromatic N) is 1. The highest BCUT2D eigenvalue weighted by atomic mass is 19.3. The molecule has 1 atom stereocenters. The van der Waals surface area contributed by atoms with Gasteiger partial charge in [-0.05, 0) is 47.9 Å². The van der Waals surface area contributed by atoms with Crippen LogP contribution in [-0.4, -0.2) is 36.4 Å². The van der Waals surface area contributed by atoms with Gasteiger partial charge in [0.1, 0.15) is 17.6 Å². The van der Waals surface area contributed by atoms with Crippen molar-refractivity contribution in [3.63, 3.8) is 0 Å². The first-order valence-corrected chi connectivity index (χ1v) is 9.02. The molecular weight excluding hydrogens is 385 g/mol. The molecule has 0 aliphatic carbocycles. The fourth-order valence-electron chi connectivity index (χ4n) is 2.70. The summed E-state index contributed by atoms with van der Waals surface area (Å²) in [6, 6.07) is 10.2. The number of likely N-dealkylation sites (N-methyl/N-ethyl adjacent to an activating group) is 1. The zero-order valence-corrected chi connectivity index (χ0v) is 16.4. The highest BCUT2D eigenvalue weighted by molar-refractivity contribution is 5.97. The molecule has 1 unspecified atom stereocenters. The number of benzene rings is 2. The summed E-state index contributed by atoms with van der Waals surface area (Å²) in [5.41, 5.74) is 0.969. The Morgan fingerprint density at radius 3 is 2.14 bits per heavy atom. The lowest BCUT2D eigenvalue weighted by atomic mass is 10.0. The number of rotatable bonds is 8. The van der Waals surface area contributed by atoms with Crippen LogP contribution in [0, 0.1) is 11.7 Å². The number of carbonyl (C=O) groups excluding carboxylic acids is 2. The monoisotopic (exact) mass is 408 g/mol. The summed E-state index contributed by atoms with van der Waals surface area (Å²) in [6.45, 7) is 0.931. The van der Waals surface area contributed by atoms with Crippen molar-refractivity contribution in [2.45, 2.75) is 33.0 Å². The largest absolute Gasteiger partial charge is 0.435 e. The van der Waals surface area contributed by atoms with Gasteiger partial charge >= 0.3 is 6.61 Å². The average molecular weight is 408 g/mol. The Hall–Kier alpha value is -3.03. The average Bonchev–Trinajstić information content (AvgIpc) is 2.66. The summed E-state index contributed by atoms with van der Waals surface area (Å²) in [5, 5.41) is 2.69. The number of halogens is 3. The third-order valence-electron chi connectivity index (χ3n) is 4.27. The molecule has 2 aromatic carbocycles. The molecule has 2 rings (SSSR count). The van der Waals surface area contributed by atoms with Crippen LogP contribution in [0.3, 0.4) is 0 Å². The Morgan fingerprint density at radius 2 is 1.62 bits per heavy atom. The number of ether oxygens (including phenoxy) is 1. The van der Waals surface area contributed by atoms with Crippen molar-refractivity contribution in [3.8, 4) is 5.75 Å². The standard InChI is InChI=1S/C21H23F3N2O3/c1-13(2)18(25-19(27)15-6-8-16(22)9-7-15)20(28)26(3)12-14-4-10-17(11-5-14)29-21(23)24/h4-11,13,18,21H,12H2,1-3H3,(H,25,27). The molecule has 2 aromatic rings. The van der Waals surface area contributed by atoms with Crippen LogP contribution < -0.4 is 10.1 Å². The molecule has 0 saturated heterocycles. The molecule has 0 bridgehead atoms. The second-order valence-electron chi connectivity index (χ2n) is 6.92. The lowest BCUT2D eigenvalue weighted by Gasteiger charge is -2.27. The van der Waals surface area contributed by atoms with E-state index in [9.17, 15) is 22.8 Å². The Labute approximate surface area is 167 Å². The van der Waals surface area contributed by atoms with Crippen molar-refractivity contribution in [1.29, 1.82) is 0 Å². The molecule has 0 fully saturated rings. The van der Waals surface area contributed by atoms with E-state index < -0.39 is 24.4 Å². The van der Waals surface area contributed by atoms with E-state index in [2.05, 4.69) is 10.1 Å². The Kier molecular flexibility index (Phi) is 7.64. The fraction of sp³-hybridized carbons (Fsp3) is 0.333. The van der Waals surface area contributed by atoms with E-state index in [0.29, 0.717) is 0 Å². The number of amides is 2. The molecule has 8 heteroatoms. The first-order chi connectivity index (χ1) is 13.7. The van der Waals surface area contributed by atoms with Gasteiger partial charge < -0.3 is 15.0 Å². The molecule has 0 heterocycles. The van der Waals surface area contributed by atoms with Gasteiger partial charge in [-0.15, -0.1) is 0 Å². The Bertz CT molecular complexity index is 824. The summed E-state index contributed by atoms with van der Waals surface area (Å²) in [5.74, 6) is -1.38. The molecule has 0 saturated carbocycles. The minimum absolute atomic E-state index is 0.0318. The van der Waals surface area contributed by atoms with Crippen LogP contribution in [0.5, 0.6) is 5.75 Å². The number of nitrogens with one attached hydrogen (secondary N) is 1. The van der Waals surface area contributed by atoms with Gasteiger partial charge in [0, 0.05) is 19.2 Å². The SMILES string of the molecule is CC(C)C(NC(=O)c1ccc(F)cc1)C(=O)N(C)Cc1ccc(OC(F)F)cc1. The van der Waals surface area contributed by atoms with Crippen molar-refractivity contribution in [2.75, 3.05) is 7.05 Å². The maximum Gasteiger partial charge on any atom is 0.387 e. The Morgan fingerprint density at radius 1 is 1.03 bits per heavy atom. The van der Waals surface area contributed by atoms with Gasteiger partial charge in [-0.1, -0.05) is 26.0 Å². The predicted octanol–water partition coefficient (Wildman–Crippen LogP) is 3.84. The van der Waals surface area contributed by atoms with Crippen molar-refractivity contribution < 1.29 is 27.5 Å². The van der Waals surface area contributed by atoms with Crippen molar-refractivity contribution in [2.24, 2.45) is 5.92 Å². The molecular formula is C21H23F3N2O3. The van der Waals surface area contributed by atoms with Gasteiger partial charge in [0.2, 0.25) is 5.91 Å². The van der Waals surface area contributed by atoms with Crippen LogP contribution in [0.25, 0.3) is 0 Å². The second-order valence-corrected chi connectivity index (χ2v) is 6.92. The van der Waals surface area contributed by atoms with Crippen LogP contribution >= 0.6 is 0 Å². The first-order valence-electron chi connectivity index (χ1n) is 9.02. The third kappa shape index (κ3) is 6.51. The van der Waals surface area contributed by atoms with Gasteiger partial charge in [-0.3, -0.25) is 9.59 Å². The molecule has 0 spiro atoms. The molecule has 156 valence electrons. The van der Waals surface area contributed by atoms with Crippen LogP contribution in [0.4, 0.5) is 13.2 Å². The minimum atomic E-state index is -2.90. The van der Waals surface area contributed by atoms with Crippen molar-refractivity contribution >= 4 is 11.8 Å². The van der Waals surface area contributed by atoms with E-state index in [4.69, 9.17) is 0 Å². The maximum atomic E-state index is 13.0. The van der Waals surface area contributed by atoms with E-state index in [0.717, 1.165) is 5.56 Å². The van der Waals surface area contributed by atoms with Crippen molar-refractivity contribution in [1.82, 2.24) is 10.2 Å². The first kappa shape index (κ1) is 22.3. The molecule has 2 amide bonds. The van der Waals surface area contributed by atoms with E-state index in [1.54, 1.807) is 33.0 Å². The smallest absolute Gasteiger partial charge is 0.387 e. The normalized spacial score (nSPS) is 12.0. The van der Waals surface area contributed by atoms with Gasteiger partial charge in [0.15, 0.2) is 0 Å². The zero-order valence-electron chi connectivity index (χ0n) is 16.4. The highest BCUT2D eigenvalue weighted by Gasteiger charge is 2.27. The molecule has 0 aromatic heterocycles. The summed E-state index contributed by atoms with van der Waals surface area (Å²) in [4.78, 5) is 26.7. The summed E-state index contributed by atoms with van der Waals surface area (Å²) in [7, 11) is 1.59. The van der Waals surface area contributed by atoms with Gasteiger partial charge in [0.25, 0.3) is 5.91 Å². The van der Waals surface area contributed by atoms with Crippen LogP contribution in [0.15, 0.2) is 48.5 Å². The molecule has 5 nitrogen and oxygen atoms in total. The third-order valence-corrected chi connectivity index (χ3v) is 4.27. The second kappa shape index (κ2) is 9.95. The van der Waals surface area contributed by atoms with Crippen LogP contribution in [-0.2, 0) is 11.3 Å². The summed E-state index contributed by atoms with van der Waals surface area (Å²) in [6.07, 6.45) is 0. The molecule has 29 heavy (non-hydrogen) atoms. The van der Waals surface area contributed by atoms with Crippen LogP contribution in [0.2, 0.25) is 0 Å². The molecule has 0 radical (unpaired) electrons. The number of carbonyl (C=O) groups is 2. The quantitative estimate of drug-likeness (QED) is 0.722. The summed E-state index contributed by atoms with van der Waals surface area (Å²) >= 11 is 0. The lowest BCUT2D eigenvalue weighted by molar-refractivity contribution is -0.133. The van der Waals surface area contributed by atoms with Gasteiger partial charge in [-0.25, -0.2) is 4.39 Å². The number of hydrogen-bond acceptors (Lipinski definition) is 3. The summed E-state index contributed by atoms with van der Waals surface area (Å²) < 4.78 is 41.8. The van der Waals surface area contributed by atoms with E-state index in [1.807, 2.05) is 0 Å². The minimum Gasteiger partial charge on any atom is -0.435 e. The Balaban J connectivity index is 2.03. The topological polar surface area (TPSA) is 58.6 Å². The number of alkyl halides is 2. The van der Waals surface area contributed by atoms with Crippen molar-refractivity contribution in [3.05, 3.63) is 65.5 Å². The van der Waals surface area contributed by atoms with E-state index >= 15 is 0 Å². The molecule has 0 aliphatic rings. The zero-order chi connectivity index (χ0) is 21.6. The fourth-order valence-corrected chi connectivity index (χ4v) is 2.70. The maximum absolute atomic E-state index is 13.0. The van der Waals surface area contributed by atoms with Crippen LogP contribution in [0.1, 0.15) is 29.8 Å². The van der Waals surface area contributed by atoms with Gasteiger partial charge in [-0.2, -0.15) is 8.78 Å². The van der Waals surface area contributed by atoms with E-state index in [1.165, 1.54) is 41.3 Å². The lowest BCUT2D eigenvalue weighted by Crippen LogP contribution is -2.50. The van der Waals surface area contributed by atoms with Gasteiger partial charge in [0.05, 0.1) is 0 Å². The predicted molar refractivity (Wildman–Crippen MR) is 102 cm³/mol. The molecule has 1 N–H and O–H groups in total. The highest BCUT2D eigenvalue weighted by Crippen LogP contribution is 2.17. The van der Waals surface area contributed by atoms with E-state index in [-0.39, 0.29) is 29.7 Å². The number of hydrogen-bond donors (Lipinski definition) is 1. The molecule has 0 aliphatic heterocycles.